The summed E-state index contributed by atoms with van der Waals surface area (Å²) in [6, 6.07) is 14.4. The average molecular weight is 279 g/mol. The average Bonchev–Trinajstić information content (AvgIpc) is 2.49. The predicted octanol–water partition coefficient (Wildman–Crippen LogP) is 3.37. The van der Waals surface area contributed by atoms with Gasteiger partial charge in [-0.05, 0) is 29.4 Å². The normalized spacial score (nSPS) is 11.3. The molecule has 5 nitrogen and oxygen atoms in total. The fraction of sp³-hybridized carbons (Fsp3) is 0.0625. The molecule has 0 fully saturated rings. The van der Waals surface area contributed by atoms with Gasteiger partial charge in [-0.1, -0.05) is 18.2 Å². The van der Waals surface area contributed by atoms with Crippen molar-refractivity contribution in [3.63, 3.8) is 0 Å². The molecule has 2 aromatic carbocycles. The molecule has 0 aliphatic rings. The fourth-order valence-electron chi connectivity index (χ4n) is 2.20. The van der Waals surface area contributed by atoms with Crippen LogP contribution in [0.15, 0.2) is 65.0 Å². The summed E-state index contributed by atoms with van der Waals surface area (Å²) >= 11 is 0. The number of phenolic OH excluding ortho intramolecular Hbond substituents is 1. The van der Waals surface area contributed by atoms with E-state index in [9.17, 15) is 5.11 Å². The molecular weight excluding hydrogens is 264 g/mol. The summed E-state index contributed by atoms with van der Waals surface area (Å²) in [5.41, 5.74) is 7.12. The van der Waals surface area contributed by atoms with Gasteiger partial charge < -0.3 is 10.8 Å². The third-order valence-corrected chi connectivity index (χ3v) is 3.32. The van der Waals surface area contributed by atoms with E-state index in [0.29, 0.717) is 16.8 Å². The van der Waals surface area contributed by atoms with Crippen LogP contribution in [0.5, 0.6) is 5.75 Å². The van der Waals surface area contributed by atoms with Gasteiger partial charge in [-0.15, -0.1) is 0 Å². The monoisotopic (exact) mass is 279 g/mol. The number of benzene rings is 2. The SMILES string of the molecule is C[n+]1ccccc1/N=N/c1ccc(N)c2cccc(O)c12. The van der Waals surface area contributed by atoms with Crippen molar-refractivity contribution in [2.24, 2.45) is 17.3 Å². The fourth-order valence-corrected chi connectivity index (χ4v) is 2.20. The molecule has 0 radical (unpaired) electrons. The van der Waals surface area contributed by atoms with Gasteiger partial charge in [-0.3, -0.25) is 0 Å². The van der Waals surface area contributed by atoms with E-state index in [1.807, 2.05) is 42.1 Å². The maximum atomic E-state index is 10.1. The maximum Gasteiger partial charge on any atom is 0.350 e. The molecule has 0 unspecified atom stereocenters. The lowest BCUT2D eigenvalue weighted by molar-refractivity contribution is -0.658. The van der Waals surface area contributed by atoms with E-state index in [2.05, 4.69) is 10.2 Å². The number of fused-ring (bicyclic) bond motifs is 1. The van der Waals surface area contributed by atoms with E-state index in [-0.39, 0.29) is 5.75 Å². The Morgan fingerprint density at radius 2 is 1.86 bits per heavy atom. The van der Waals surface area contributed by atoms with Gasteiger partial charge in [-0.25, -0.2) is 4.57 Å². The molecule has 3 N–H and O–H groups in total. The van der Waals surface area contributed by atoms with Crippen molar-refractivity contribution in [1.82, 2.24) is 0 Å². The first-order valence-corrected chi connectivity index (χ1v) is 6.53. The summed E-state index contributed by atoms with van der Waals surface area (Å²) in [7, 11) is 1.90. The first-order chi connectivity index (χ1) is 10.2. The van der Waals surface area contributed by atoms with Crippen molar-refractivity contribution in [3.8, 4) is 5.75 Å². The van der Waals surface area contributed by atoms with Crippen LogP contribution < -0.4 is 10.3 Å². The Labute approximate surface area is 122 Å². The molecular formula is C16H15N4O+. The van der Waals surface area contributed by atoms with Crippen molar-refractivity contribution in [2.75, 3.05) is 5.73 Å². The van der Waals surface area contributed by atoms with E-state index in [0.717, 1.165) is 11.2 Å². The summed E-state index contributed by atoms with van der Waals surface area (Å²) in [6.07, 6.45) is 1.90. The molecule has 1 aromatic heterocycles. The van der Waals surface area contributed by atoms with Crippen LogP contribution in [0.1, 0.15) is 0 Å². The highest BCUT2D eigenvalue weighted by Crippen LogP contribution is 2.36. The minimum Gasteiger partial charge on any atom is -0.507 e. The number of nitrogen functional groups attached to an aromatic ring is 1. The van der Waals surface area contributed by atoms with Gasteiger partial charge in [0.15, 0.2) is 0 Å². The van der Waals surface area contributed by atoms with Gasteiger partial charge in [-0.2, -0.15) is 0 Å². The Hall–Kier alpha value is -2.95. The number of nitrogens with two attached hydrogens (primary N) is 1. The van der Waals surface area contributed by atoms with E-state index in [4.69, 9.17) is 5.73 Å². The van der Waals surface area contributed by atoms with Crippen LogP contribution >= 0.6 is 0 Å². The molecule has 0 spiro atoms. The quantitative estimate of drug-likeness (QED) is 0.429. The number of pyridine rings is 1. The highest BCUT2D eigenvalue weighted by atomic mass is 16.3. The van der Waals surface area contributed by atoms with Crippen LogP contribution in [-0.4, -0.2) is 5.11 Å². The highest BCUT2D eigenvalue weighted by Gasteiger charge is 2.10. The summed E-state index contributed by atoms with van der Waals surface area (Å²) in [5, 5.41) is 19.9. The summed E-state index contributed by atoms with van der Waals surface area (Å²) in [6.45, 7) is 0. The van der Waals surface area contributed by atoms with Crippen molar-refractivity contribution >= 4 is 28.0 Å². The predicted molar refractivity (Wildman–Crippen MR) is 81.8 cm³/mol. The van der Waals surface area contributed by atoms with Gasteiger partial charge in [0.1, 0.15) is 11.4 Å². The lowest BCUT2D eigenvalue weighted by atomic mass is 10.1. The standard InChI is InChI=1S/C16H14N4O/c1-20-10-3-2-7-15(20)19-18-13-9-8-12(17)11-5-4-6-14(21)16(11)13/h2-10,17H,1H3,(H,18,21)/p+1. The third-order valence-electron chi connectivity index (χ3n) is 3.32. The lowest BCUT2D eigenvalue weighted by Crippen LogP contribution is -2.26. The van der Waals surface area contributed by atoms with Gasteiger partial charge in [0.25, 0.3) is 0 Å². The zero-order valence-electron chi connectivity index (χ0n) is 11.6. The number of hydrogen-bond acceptors (Lipinski definition) is 4. The number of phenols is 1. The second-order valence-corrected chi connectivity index (χ2v) is 4.74. The van der Waals surface area contributed by atoms with Crippen LogP contribution in [0.2, 0.25) is 0 Å². The molecule has 0 aliphatic carbocycles. The van der Waals surface area contributed by atoms with E-state index in [1.165, 1.54) is 0 Å². The Kier molecular flexibility index (Phi) is 3.23. The molecule has 0 bridgehead atoms. The number of hydrogen-bond donors (Lipinski definition) is 2. The topological polar surface area (TPSA) is 74.8 Å². The van der Waals surface area contributed by atoms with E-state index >= 15 is 0 Å². The molecule has 21 heavy (non-hydrogen) atoms. The Balaban J connectivity index is 2.14. The number of aromatic nitrogens is 1. The summed E-state index contributed by atoms with van der Waals surface area (Å²) in [4.78, 5) is 0. The Morgan fingerprint density at radius 3 is 2.67 bits per heavy atom. The van der Waals surface area contributed by atoms with Crippen LogP contribution in [0, 0.1) is 0 Å². The second-order valence-electron chi connectivity index (χ2n) is 4.74. The van der Waals surface area contributed by atoms with E-state index < -0.39 is 0 Å². The molecule has 0 amide bonds. The lowest BCUT2D eigenvalue weighted by Gasteiger charge is -2.05. The molecule has 0 aliphatic heterocycles. The van der Waals surface area contributed by atoms with Gasteiger partial charge >= 0.3 is 5.82 Å². The van der Waals surface area contributed by atoms with Crippen molar-refractivity contribution in [2.45, 2.75) is 0 Å². The summed E-state index contributed by atoms with van der Waals surface area (Å²) < 4.78 is 1.86. The second kappa shape index (κ2) is 5.20. The molecule has 0 atom stereocenters. The van der Waals surface area contributed by atoms with Crippen LogP contribution in [0.25, 0.3) is 10.8 Å². The number of aromatic hydroxyl groups is 1. The van der Waals surface area contributed by atoms with Gasteiger partial charge in [0, 0.05) is 17.1 Å². The van der Waals surface area contributed by atoms with Gasteiger partial charge in [0.05, 0.1) is 23.7 Å². The third kappa shape index (κ3) is 2.41. The molecule has 104 valence electrons. The highest BCUT2D eigenvalue weighted by molar-refractivity contribution is 6.03. The zero-order valence-corrected chi connectivity index (χ0v) is 11.6. The molecule has 5 heteroatoms. The molecule has 3 aromatic rings. The minimum atomic E-state index is 0.145. The number of aryl methyl sites for hydroxylation is 1. The number of rotatable bonds is 2. The van der Waals surface area contributed by atoms with Gasteiger partial charge in [0.2, 0.25) is 0 Å². The van der Waals surface area contributed by atoms with Crippen LogP contribution in [0.3, 0.4) is 0 Å². The molecule has 0 saturated carbocycles. The molecule has 3 rings (SSSR count). The first-order valence-electron chi connectivity index (χ1n) is 6.53. The number of anilines is 1. The largest absolute Gasteiger partial charge is 0.507 e. The zero-order chi connectivity index (χ0) is 14.8. The smallest absolute Gasteiger partial charge is 0.350 e. The maximum absolute atomic E-state index is 10.1. The number of azo groups is 1. The summed E-state index contributed by atoms with van der Waals surface area (Å²) in [5.74, 6) is 0.865. The van der Waals surface area contributed by atoms with Crippen molar-refractivity contribution in [3.05, 3.63) is 54.7 Å². The van der Waals surface area contributed by atoms with Crippen LogP contribution in [0.4, 0.5) is 17.2 Å². The first kappa shape index (κ1) is 13.1. The number of nitrogens with zero attached hydrogens (tertiary/aromatic N) is 3. The minimum absolute atomic E-state index is 0.145. The van der Waals surface area contributed by atoms with Crippen LogP contribution in [-0.2, 0) is 7.05 Å². The Morgan fingerprint density at radius 1 is 1.00 bits per heavy atom. The molecule has 1 heterocycles. The van der Waals surface area contributed by atoms with E-state index in [1.54, 1.807) is 24.3 Å². The Bertz CT molecular complexity index is 843. The van der Waals surface area contributed by atoms with Crippen molar-refractivity contribution < 1.29 is 9.67 Å². The molecule has 0 saturated heterocycles. The van der Waals surface area contributed by atoms with Crippen molar-refractivity contribution in [1.29, 1.82) is 0 Å².